The van der Waals surface area contributed by atoms with Crippen molar-refractivity contribution in [1.82, 2.24) is 15.3 Å². The molecule has 5 rings (SSSR count). The molecule has 0 amide bonds. The number of nitrogens with one attached hydrogen (secondary N) is 1. The fraction of sp³-hybridized carbons (Fsp3) is 0.583. The Morgan fingerprint density at radius 3 is 2.53 bits per heavy atom. The van der Waals surface area contributed by atoms with Gasteiger partial charge in [-0.05, 0) is 49.2 Å². The number of rotatable bonds is 5. The average molecular weight is 475 g/mol. The van der Waals surface area contributed by atoms with Gasteiger partial charge in [-0.1, -0.05) is 19.9 Å². The van der Waals surface area contributed by atoms with Gasteiger partial charge in [0, 0.05) is 30.9 Å². The van der Waals surface area contributed by atoms with Crippen LogP contribution < -0.4 is 10.2 Å². The second-order valence-corrected chi connectivity index (χ2v) is 9.79. The van der Waals surface area contributed by atoms with E-state index in [-0.39, 0.29) is 17.7 Å². The summed E-state index contributed by atoms with van der Waals surface area (Å²) in [4.78, 5) is 20.4. The molecule has 1 saturated heterocycles. The molecule has 1 N–H and O–H groups in total. The molecule has 4 atom stereocenters. The van der Waals surface area contributed by atoms with Crippen molar-refractivity contribution in [1.29, 1.82) is 0 Å². The van der Waals surface area contributed by atoms with E-state index in [4.69, 9.17) is 9.73 Å². The van der Waals surface area contributed by atoms with Crippen LogP contribution >= 0.6 is 0 Å². The molecule has 0 radical (unpaired) electrons. The quantitative estimate of drug-likeness (QED) is 0.702. The lowest BCUT2D eigenvalue weighted by Crippen LogP contribution is -2.52. The SMILES string of the molecule is Cc1cc(N2C[C@H]3CC[C@@H](C2)C3NC2=NC3C(OCC(F)(F)F)=CC=C(C(C)C)C3=N2)ncn1. The van der Waals surface area contributed by atoms with Crippen molar-refractivity contribution in [2.24, 2.45) is 27.7 Å². The van der Waals surface area contributed by atoms with E-state index < -0.39 is 18.8 Å². The largest absolute Gasteiger partial charge is 0.486 e. The minimum Gasteiger partial charge on any atom is -0.486 e. The van der Waals surface area contributed by atoms with Crippen molar-refractivity contribution in [2.75, 3.05) is 24.6 Å². The number of aromatic nitrogens is 2. The molecule has 2 bridgehead atoms. The number of anilines is 1. The molecular formula is C24H29F3N6O. The van der Waals surface area contributed by atoms with Gasteiger partial charge in [0.25, 0.3) is 0 Å². The molecule has 34 heavy (non-hydrogen) atoms. The second kappa shape index (κ2) is 8.70. The number of hydrogen-bond acceptors (Lipinski definition) is 7. The normalized spacial score (nSPS) is 28.3. The number of guanidine groups is 1. The molecule has 3 heterocycles. The summed E-state index contributed by atoms with van der Waals surface area (Å²) in [6, 6.07) is 1.60. The van der Waals surface area contributed by atoms with Crippen molar-refractivity contribution in [3.05, 3.63) is 41.6 Å². The number of halogens is 3. The van der Waals surface area contributed by atoms with Crippen LogP contribution in [0.2, 0.25) is 0 Å². The van der Waals surface area contributed by atoms with E-state index in [0.717, 1.165) is 43.0 Å². The summed E-state index contributed by atoms with van der Waals surface area (Å²) >= 11 is 0. The van der Waals surface area contributed by atoms with Gasteiger partial charge >= 0.3 is 6.18 Å². The molecule has 10 heteroatoms. The third kappa shape index (κ3) is 4.54. The molecule has 2 fully saturated rings. The van der Waals surface area contributed by atoms with Crippen LogP contribution in [0.15, 0.2) is 45.9 Å². The number of alkyl halides is 3. The summed E-state index contributed by atoms with van der Waals surface area (Å²) in [6.07, 6.45) is 2.81. The Labute approximate surface area is 196 Å². The van der Waals surface area contributed by atoms with Gasteiger partial charge in [0.1, 0.15) is 17.9 Å². The summed E-state index contributed by atoms with van der Waals surface area (Å²) in [6.45, 7) is 6.47. The van der Waals surface area contributed by atoms with Gasteiger partial charge in [-0.2, -0.15) is 13.2 Å². The lowest BCUT2D eigenvalue weighted by molar-refractivity contribution is -0.165. The number of aryl methyl sites for hydroxylation is 1. The number of aliphatic imine (C=N–C) groups is 2. The molecule has 7 nitrogen and oxygen atoms in total. The van der Waals surface area contributed by atoms with E-state index in [1.165, 1.54) is 0 Å². The molecule has 2 unspecified atom stereocenters. The molecule has 4 aliphatic rings. The Morgan fingerprint density at radius 2 is 1.88 bits per heavy atom. The maximum absolute atomic E-state index is 12.8. The van der Waals surface area contributed by atoms with Crippen LogP contribution in [0.5, 0.6) is 0 Å². The van der Waals surface area contributed by atoms with E-state index in [0.29, 0.717) is 23.5 Å². The summed E-state index contributed by atoms with van der Waals surface area (Å²) in [7, 11) is 0. The van der Waals surface area contributed by atoms with Crippen LogP contribution in [0.1, 0.15) is 32.4 Å². The zero-order valence-electron chi connectivity index (χ0n) is 19.5. The predicted octanol–water partition coefficient (Wildman–Crippen LogP) is 3.83. The highest BCUT2D eigenvalue weighted by Crippen LogP contribution is 2.39. The second-order valence-electron chi connectivity index (χ2n) is 9.79. The van der Waals surface area contributed by atoms with Crippen molar-refractivity contribution in [3.8, 4) is 0 Å². The first-order chi connectivity index (χ1) is 16.2. The number of fused-ring (bicyclic) bond motifs is 3. The van der Waals surface area contributed by atoms with Crippen LogP contribution in [-0.4, -0.2) is 59.6 Å². The topological polar surface area (TPSA) is 75.0 Å². The number of ether oxygens (including phenoxy) is 1. The van der Waals surface area contributed by atoms with Gasteiger partial charge in [0.2, 0.25) is 5.96 Å². The van der Waals surface area contributed by atoms with Crippen molar-refractivity contribution in [2.45, 2.75) is 51.9 Å². The standard InChI is InChI=1S/C24H29F3N6O/c1-13(2)17-6-7-18(34-11-24(25,26)27)22-21(17)31-23(32-22)30-20-15-4-5-16(20)10-33(9-15)19-8-14(3)28-12-29-19/h6-8,12-13,15-16,20,22H,4-5,9-11H2,1-3H3,(H,30,32)/t15-,16+,20?,22?. The summed E-state index contributed by atoms with van der Waals surface area (Å²) in [5.41, 5.74) is 2.60. The monoisotopic (exact) mass is 474 g/mol. The molecule has 2 aliphatic carbocycles. The molecule has 182 valence electrons. The fourth-order valence-electron chi connectivity index (χ4n) is 5.41. The third-order valence-corrected chi connectivity index (χ3v) is 7.00. The van der Waals surface area contributed by atoms with Crippen LogP contribution in [-0.2, 0) is 4.74 Å². The lowest BCUT2D eigenvalue weighted by Gasteiger charge is -2.39. The molecule has 0 aromatic carbocycles. The number of hydrogen-bond donors (Lipinski definition) is 1. The molecule has 0 spiro atoms. The van der Waals surface area contributed by atoms with E-state index >= 15 is 0 Å². The summed E-state index contributed by atoms with van der Waals surface area (Å²) in [5, 5.41) is 3.54. The maximum Gasteiger partial charge on any atom is 0.422 e. The highest BCUT2D eigenvalue weighted by Gasteiger charge is 2.44. The Balaban J connectivity index is 1.32. The number of piperidine rings is 1. The van der Waals surface area contributed by atoms with Gasteiger partial charge in [-0.25, -0.2) is 20.0 Å². The first-order valence-electron chi connectivity index (χ1n) is 11.8. The molecule has 1 aromatic heterocycles. The molecule has 1 saturated carbocycles. The first-order valence-corrected chi connectivity index (χ1v) is 11.8. The smallest absolute Gasteiger partial charge is 0.422 e. The maximum atomic E-state index is 12.8. The summed E-state index contributed by atoms with van der Waals surface area (Å²) in [5.74, 6) is 2.63. The minimum absolute atomic E-state index is 0.173. The van der Waals surface area contributed by atoms with Crippen LogP contribution in [0.4, 0.5) is 19.0 Å². The molecule has 1 aromatic rings. The van der Waals surface area contributed by atoms with Crippen molar-refractivity contribution < 1.29 is 17.9 Å². The van der Waals surface area contributed by atoms with Crippen molar-refractivity contribution >= 4 is 17.5 Å². The highest BCUT2D eigenvalue weighted by molar-refractivity contribution is 6.16. The van der Waals surface area contributed by atoms with Crippen molar-refractivity contribution in [3.63, 3.8) is 0 Å². The van der Waals surface area contributed by atoms with Crippen LogP contribution in [0, 0.1) is 24.7 Å². The number of allylic oxidation sites excluding steroid dienone is 2. The Morgan fingerprint density at radius 1 is 1.15 bits per heavy atom. The zero-order valence-corrected chi connectivity index (χ0v) is 19.5. The predicted molar refractivity (Wildman–Crippen MR) is 124 cm³/mol. The Kier molecular flexibility index (Phi) is 5.85. The van der Waals surface area contributed by atoms with Gasteiger partial charge in [-0.3, -0.25) is 0 Å². The minimum atomic E-state index is -4.40. The van der Waals surface area contributed by atoms with E-state index in [9.17, 15) is 13.2 Å². The van der Waals surface area contributed by atoms with Crippen LogP contribution in [0.25, 0.3) is 0 Å². The highest BCUT2D eigenvalue weighted by atomic mass is 19.4. The lowest BCUT2D eigenvalue weighted by atomic mass is 9.89. The zero-order chi connectivity index (χ0) is 24.0. The van der Waals surface area contributed by atoms with E-state index in [2.05, 4.69) is 25.2 Å². The molecule has 2 aliphatic heterocycles. The van der Waals surface area contributed by atoms with E-state index in [1.807, 2.05) is 26.8 Å². The van der Waals surface area contributed by atoms with E-state index in [1.54, 1.807) is 18.5 Å². The van der Waals surface area contributed by atoms with Gasteiger partial charge in [0.15, 0.2) is 12.6 Å². The summed E-state index contributed by atoms with van der Waals surface area (Å²) < 4.78 is 43.4. The average Bonchev–Trinajstić information content (AvgIpc) is 3.28. The first kappa shape index (κ1) is 22.9. The Hall–Kier alpha value is -2.91. The van der Waals surface area contributed by atoms with Crippen LogP contribution in [0.3, 0.4) is 0 Å². The fourth-order valence-corrected chi connectivity index (χ4v) is 5.41. The number of nitrogens with zero attached hydrogens (tertiary/aromatic N) is 5. The molecular weight excluding hydrogens is 445 g/mol. The van der Waals surface area contributed by atoms with Gasteiger partial charge < -0.3 is 15.0 Å². The Bertz CT molecular complexity index is 1060. The third-order valence-electron chi connectivity index (χ3n) is 7.00. The van der Waals surface area contributed by atoms with Gasteiger partial charge in [0.05, 0.1) is 5.71 Å². The van der Waals surface area contributed by atoms with Gasteiger partial charge in [-0.15, -0.1) is 0 Å².